The fourth-order valence-corrected chi connectivity index (χ4v) is 6.40. The van der Waals surface area contributed by atoms with Crippen LogP contribution < -0.4 is 4.74 Å². The van der Waals surface area contributed by atoms with Crippen LogP contribution >= 0.6 is 0 Å². The molecule has 0 fully saturated rings. The molecule has 0 heterocycles. The van der Waals surface area contributed by atoms with Crippen LogP contribution in [0.3, 0.4) is 0 Å². The highest BCUT2D eigenvalue weighted by atomic mass is 19.2. The predicted octanol–water partition coefficient (Wildman–Crippen LogP) is 9.04. The number of hydrogen-bond acceptors (Lipinski definition) is 3. The van der Waals surface area contributed by atoms with Crippen molar-refractivity contribution in [2.75, 3.05) is 7.11 Å². The van der Waals surface area contributed by atoms with Crippen LogP contribution in [0.25, 0.3) is 5.57 Å². The number of ketones is 2. The number of carbonyl (C=O) groups is 2. The molecule has 0 bridgehead atoms. The van der Waals surface area contributed by atoms with Gasteiger partial charge in [0.2, 0.25) is 0 Å². The summed E-state index contributed by atoms with van der Waals surface area (Å²) >= 11 is 0. The molecule has 3 nitrogen and oxygen atoms in total. The molecular formula is C38H35F3O3. The molecule has 0 radical (unpaired) electrons. The van der Waals surface area contributed by atoms with E-state index >= 15 is 0 Å². The molecule has 0 amide bonds. The van der Waals surface area contributed by atoms with Gasteiger partial charge in [-0.1, -0.05) is 61.5 Å². The number of rotatable bonds is 10. The number of ether oxygens (including phenoxy) is 1. The highest BCUT2D eigenvalue weighted by molar-refractivity contribution is 6.03. The topological polar surface area (TPSA) is 43.4 Å². The van der Waals surface area contributed by atoms with Crippen molar-refractivity contribution in [2.24, 2.45) is 5.92 Å². The van der Waals surface area contributed by atoms with Gasteiger partial charge in [-0.2, -0.15) is 0 Å². The van der Waals surface area contributed by atoms with Gasteiger partial charge in [-0.3, -0.25) is 9.59 Å². The summed E-state index contributed by atoms with van der Waals surface area (Å²) in [5.41, 5.74) is 5.94. The van der Waals surface area contributed by atoms with E-state index in [0.29, 0.717) is 36.1 Å². The van der Waals surface area contributed by atoms with Crippen LogP contribution in [-0.4, -0.2) is 18.7 Å². The monoisotopic (exact) mass is 596 g/mol. The minimum absolute atomic E-state index is 0.00941. The van der Waals surface area contributed by atoms with Crippen LogP contribution in [0.1, 0.15) is 80.3 Å². The van der Waals surface area contributed by atoms with E-state index in [4.69, 9.17) is 4.74 Å². The van der Waals surface area contributed by atoms with Gasteiger partial charge in [0.15, 0.2) is 23.2 Å². The quantitative estimate of drug-likeness (QED) is 0.172. The Morgan fingerprint density at radius 1 is 0.932 bits per heavy atom. The van der Waals surface area contributed by atoms with E-state index in [1.54, 1.807) is 46.1 Å². The van der Waals surface area contributed by atoms with Crippen LogP contribution in [0.5, 0.6) is 5.75 Å². The first-order chi connectivity index (χ1) is 21.1. The normalized spacial score (nSPS) is 16.1. The van der Waals surface area contributed by atoms with Crippen LogP contribution in [0.4, 0.5) is 13.2 Å². The van der Waals surface area contributed by atoms with E-state index in [1.165, 1.54) is 12.1 Å². The van der Waals surface area contributed by atoms with E-state index < -0.39 is 17.6 Å². The predicted molar refractivity (Wildman–Crippen MR) is 167 cm³/mol. The zero-order chi connectivity index (χ0) is 31.5. The average molecular weight is 597 g/mol. The van der Waals surface area contributed by atoms with Crippen molar-refractivity contribution in [3.63, 3.8) is 0 Å². The summed E-state index contributed by atoms with van der Waals surface area (Å²) in [4.78, 5) is 26.1. The zero-order valence-electron chi connectivity index (χ0n) is 25.3. The molecule has 226 valence electrons. The minimum atomic E-state index is -1.04. The molecule has 5 rings (SSSR count). The third-order valence-electron chi connectivity index (χ3n) is 8.74. The molecule has 2 atom stereocenters. The standard InChI is InChI=1S/C38H35F3O3/c1-5-30-22(2)32(21-35(40)36(30)41)37(43)34-20-28(25-14-16-29(39)17-15-25)19-33(34)31-11-7-9-26(38(31)44-4)13-12-24-8-6-10-27(18-24)23(3)42/h6-11,14-18,20-21,33-34H,5,12-13,19H2,1-4H3. The average Bonchev–Trinajstić information content (AvgIpc) is 3.47. The lowest BCUT2D eigenvalue weighted by Gasteiger charge is -2.24. The summed E-state index contributed by atoms with van der Waals surface area (Å²) in [6, 6.07) is 20.6. The molecule has 4 aromatic rings. The molecule has 0 N–H and O–H groups in total. The van der Waals surface area contributed by atoms with Crippen LogP contribution in [0.15, 0.2) is 78.9 Å². The summed E-state index contributed by atoms with van der Waals surface area (Å²) < 4.78 is 49.0. The van der Waals surface area contributed by atoms with Crippen molar-refractivity contribution in [3.8, 4) is 5.75 Å². The van der Waals surface area contributed by atoms with Crippen molar-refractivity contribution in [2.45, 2.75) is 52.4 Å². The van der Waals surface area contributed by atoms with Crippen molar-refractivity contribution in [1.29, 1.82) is 0 Å². The zero-order valence-corrected chi connectivity index (χ0v) is 25.3. The first-order valence-electron chi connectivity index (χ1n) is 14.9. The van der Waals surface area contributed by atoms with Gasteiger partial charge in [0, 0.05) is 23.0 Å². The molecular weight excluding hydrogens is 561 g/mol. The van der Waals surface area contributed by atoms with E-state index in [1.807, 2.05) is 42.5 Å². The van der Waals surface area contributed by atoms with Crippen molar-refractivity contribution >= 4 is 17.1 Å². The van der Waals surface area contributed by atoms with Gasteiger partial charge in [0.05, 0.1) is 7.11 Å². The molecule has 1 aliphatic carbocycles. The smallest absolute Gasteiger partial charge is 0.170 e. The molecule has 0 aliphatic heterocycles. The number of methoxy groups -OCH3 is 1. The van der Waals surface area contributed by atoms with Gasteiger partial charge < -0.3 is 4.74 Å². The Hall–Kier alpha value is -4.45. The molecule has 0 saturated heterocycles. The summed E-state index contributed by atoms with van der Waals surface area (Å²) in [6.45, 7) is 4.94. The molecule has 4 aromatic carbocycles. The summed E-state index contributed by atoms with van der Waals surface area (Å²) in [7, 11) is 1.60. The molecule has 6 heteroatoms. The van der Waals surface area contributed by atoms with Gasteiger partial charge in [-0.25, -0.2) is 13.2 Å². The number of benzene rings is 4. The van der Waals surface area contributed by atoms with Gasteiger partial charge >= 0.3 is 0 Å². The number of allylic oxidation sites excluding steroid dienone is 2. The number of halogens is 3. The fraction of sp³-hybridized carbons (Fsp3) is 0.263. The largest absolute Gasteiger partial charge is 0.496 e. The van der Waals surface area contributed by atoms with Gasteiger partial charge in [-0.05, 0) is 103 Å². The van der Waals surface area contributed by atoms with E-state index in [0.717, 1.165) is 33.9 Å². The number of aryl methyl sites for hydroxylation is 2. The lowest BCUT2D eigenvalue weighted by Crippen LogP contribution is -2.21. The van der Waals surface area contributed by atoms with Crippen molar-refractivity contribution < 1.29 is 27.5 Å². The third kappa shape index (κ3) is 6.12. The van der Waals surface area contributed by atoms with Crippen LogP contribution in [0.2, 0.25) is 0 Å². The van der Waals surface area contributed by atoms with E-state index in [2.05, 4.69) is 0 Å². The van der Waals surface area contributed by atoms with Crippen molar-refractivity contribution in [3.05, 3.63) is 141 Å². The lowest BCUT2D eigenvalue weighted by atomic mass is 9.80. The Morgan fingerprint density at radius 2 is 1.66 bits per heavy atom. The van der Waals surface area contributed by atoms with E-state index in [-0.39, 0.29) is 40.8 Å². The Morgan fingerprint density at radius 3 is 2.34 bits per heavy atom. The maximum Gasteiger partial charge on any atom is 0.170 e. The Bertz CT molecular complexity index is 1750. The molecule has 2 unspecified atom stereocenters. The Kier molecular flexibility index (Phi) is 9.19. The second-order valence-corrected chi connectivity index (χ2v) is 11.4. The number of carbonyl (C=O) groups excluding carboxylic acids is 2. The number of hydrogen-bond donors (Lipinski definition) is 0. The second-order valence-electron chi connectivity index (χ2n) is 11.4. The van der Waals surface area contributed by atoms with E-state index in [9.17, 15) is 22.8 Å². The maximum atomic E-state index is 14.7. The second kappa shape index (κ2) is 13.0. The van der Waals surface area contributed by atoms with Gasteiger partial charge in [0.1, 0.15) is 11.6 Å². The fourth-order valence-electron chi connectivity index (χ4n) is 6.40. The maximum absolute atomic E-state index is 14.7. The summed E-state index contributed by atoms with van der Waals surface area (Å²) in [5, 5.41) is 0. The first kappa shape index (κ1) is 31.0. The molecule has 1 aliphatic rings. The SMILES string of the molecule is CCc1c(C)c(C(=O)C2C=C(c3ccc(F)cc3)CC2c2cccc(CCc3cccc(C(C)=O)c3)c2OC)cc(F)c1F. The lowest BCUT2D eigenvalue weighted by molar-refractivity contribution is 0.0932. The van der Waals surface area contributed by atoms with Crippen LogP contribution in [0, 0.1) is 30.3 Å². The minimum Gasteiger partial charge on any atom is -0.496 e. The Labute approximate surface area is 256 Å². The number of para-hydroxylation sites is 1. The molecule has 0 aromatic heterocycles. The summed E-state index contributed by atoms with van der Waals surface area (Å²) in [6.07, 6.45) is 3.94. The number of Topliss-reactive ketones (excluding diaryl/α,β-unsaturated/α-hetero) is 2. The summed E-state index contributed by atoms with van der Waals surface area (Å²) in [5.74, 6) is -2.97. The molecule has 44 heavy (non-hydrogen) atoms. The Balaban J connectivity index is 1.55. The third-order valence-corrected chi connectivity index (χ3v) is 8.74. The van der Waals surface area contributed by atoms with Crippen LogP contribution in [-0.2, 0) is 19.3 Å². The highest BCUT2D eigenvalue weighted by Crippen LogP contribution is 2.48. The van der Waals surface area contributed by atoms with Gasteiger partial charge in [-0.15, -0.1) is 0 Å². The molecule has 0 saturated carbocycles. The van der Waals surface area contributed by atoms with Gasteiger partial charge in [0.25, 0.3) is 0 Å². The highest BCUT2D eigenvalue weighted by Gasteiger charge is 2.38. The molecule has 0 spiro atoms. The first-order valence-corrected chi connectivity index (χ1v) is 14.9. The van der Waals surface area contributed by atoms with Crippen molar-refractivity contribution in [1.82, 2.24) is 0 Å².